The summed E-state index contributed by atoms with van der Waals surface area (Å²) in [6.45, 7) is 1.43. The molecular formula is C6H13NO2. The second-order valence-electron chi connectivity index (χ2n) is 2.30. The molecule has 1 aliphatic rings. The van der Waals surface area contributed by atoms with Gasteiger partial charge in [0.1, 0.15) is 0 Å². The van der Waals surface area contributed by atoms with Gasteiger partial charge in [0.15, 0.2) is 0 Å². The number of rotatable bonds is 1. The lowest BCUT2D eigenvalue weighted by Crippen LogP contribution is -2.43. The molecule has 1 fully saturated rings. The van der Waals surface area contributed by atoms with Gasteiger partial charge in [0.25, 0.3) is 0 Å². The van der Waals surface area contributed by atoms with Crippen molar-refractivity contribution >= 4 is 0 Å². The summed E-state index contributed by atoms with van der Waals surface area (Å²) in [5.41, 5.74) is 5.68. The van der Waals surface area contributed by atoms with Crippen LogP contribution in [0, 0.1) is 0 Å². The van der Waals surface area contributed by atoms with Gasteiger partial charge in [-0.3, -0.25) is 0 Å². The summed E-state index contributed by atoms with van der Waals surface area (Å²) in [6.07, 6.45) is 1.03. The maximum Gasteiger partial charge on any atom is 0.0955 e. The highest BCUT2D eigenvalue weighted by Crippen LogP contribution is 2.07. The largest absolute Gasteiger partial charge is 0.379 e. The van der Waals surface area contributed by atoms with Crippen molar-refractivity contribution in [1.29, 1.82) is 0 Å². The Balaban J connectivity index is 2.30. The Hall–Kier alpha value is -0.120. The first-order valence-corrected chi connectivity index (χ1v) is 3.20. The summed E-state index contributed by atoms with van der Waals surface area (Å²) in [6, 6.07) is 0.170. The second kappa shape index (κ2) is 3.15. The minimum absolute atomic E-state index is 0.110. The minimum Gasteiger partial charge on any atom is -0.379 e. The van der Waals surface area contributed by atoms with Crippen LogP contribution in [-0.2, 0) is 9.47 Å². The van der Waals surface area contributed by atoms with Gasteiger partial charge in [0, 0.05) is 19.8 Å². The summed E-state index contributed by atoms with van der Waals surface area (Å²) in [5, 5.41) is 0. The lowest BCUT2D eigenvalue weighted by molar-refractivity contribution is -0.0411. The van der Waals surface area contributed by atoms with Crippen LogP contribution in [0.4, 0.5) is 0 Å². The van der Waals surface area contributed by atoms with Crippen LogP contribution in [0.2, 0.25) is 0 Å². The van der Waals surface area contributed by atoms with E-state index in [2.05, 4.69) is 0 Å². The van der Waals surface area contributed by atoms with Gasteiger partial charge in [-0.2, -0.15) is 0 Å². The van der Waals surface area contributed by atoms with Crippen molar-refractivity contribution in [3.8, 4) is 0 Å². The molecule has 0 radical (unpaired) electrons. The molecule has 0 amide bonds. The molecule has 0 aromatic heterocycles. The Morgan fingerprint density at radius 3 is 2.89 bits per heavy atom. The van der Waals surface area contributed by atoms with E-state index in [1.54, 1.807) is 7.11 Å². The van der Waals surface area contributed by atoms with Crippen LogP contribution in [0.3, 0.4) is 0 Å². The first-order chi connectivity index (χ1) is 4.34. The smallest absolute Gasteiger partial charge is 0.0955 e. The zero-order valence-electron chi connectivity index (χ0n) is 5.67. The second-order valence-corrected chi connectivity index (χ2v) is 2.30. The Labute approximate surface area is 55.1 Å². The maximum atomic E-state index is 5.68. The molecule has 0 aliphatic carbocycles. The van der Waals surface area contributed by atoms with E-state index in [9.17, 15) is 0 Å². The zero-order chi connectivity index (χ0) is 6.69. The highest BCUT2D eigenvalue weighted by atomic mass is 16.5. The van der Waals surface area contributed by atoms with Crippen LogP contribution in [0.15, 0.2) is 0 Å². The van der Waals surface area contributed by atoms with Crippen LogP contribution in [0.5, 0.6) is 0 Å². The van der Waals surface area contributed by atoms with Crippen molar-refractivity contribution in [3.05, 3.63) is 0 Å². The molecule has 0 aromatic carbocycles. The Bertz CT molecular complexity index is 87.1. The summed E-state index contributed by atoms with van der Waals surface area (Å²) >= 11 is 0. The summed E-state index contributed by atoms with van der Waals surface area (Å²) in [4.78, 5) is 0. The standard InChI is InChI=1S/C6H13NO2/c1-8-6-4-9-3-2-5(6)7/h5-6H,2-4,7H2,1H3/t5-,6+/m0/s1. The van der Waals surface area contributed by atoms with Crippen LogP contribution in [0.1, 0.15) is 6.42 Å². The first-order valence-electron chi connectivity index (χ1n) is 3.20. The van der Waals surface area contributed by atoms with Gasteiger partial charge >= 0.3 is 0 Å². The van der Waals surface area contributed by atoms with Crippen molar-refractivity contribution in [1.82, 2.24) is 0 Å². The van der Waals surface area contributed by atoms with Gasteiger partial charge in [-0.15, -0.1) is 0 Å². The monoisotopic (exact) mass is 131 g/mol. The van der Waals surface area contributed by atoms with Crippen LogP contribution in [-0.4, -0.2) is 32.5 Å². The molecule has 1 saturated heterocycles. The number of methoxy groups -OCH3 is 1. The fourth-order valence-corrected chi connectivity index (χ4v) is 0.971. The number of ether oxygens (including phenoxy) is 2. The molecule has 1 rings (SSSR count). The third-order valence-electron chi connectivity index (χ3n) is 1.66. The van der Waals surface area contributed by atoms with Gasteiger partial charge in [0.2, 0.25) is 0 Å². The van der Waals surface area contributed by atoms with E-state index < -0.39 is 0 Å². The van der Waals surface area contributed by atoms with E-state index in [0.717, 1.165) is 13.0 Å². The molecule has 0 bridgehead atoms. The van der Waals surface area contributed by atoms with Crippen LogP contribution >= 0.6 is 0 Å². The molecule has 0 unspecified atom stereocenters. The fourth-order valence-electron chi connectivity index (χ4n) is 0.971. The Kier molecular flexibility index (Phi) is 2.45. The molecule has 2 N–H and O–H groups in total. The Morgan fingerprint density at radius 1 is 1.67 bits per heavy atom. The lowest BCUT2D eigenvalue weighted by Gasteiger charge is -2.26. The quantitative estimate of drug-likeness (QED) is 0.533. The molecule has 2 atom stereocenters. The lowest BCUT2D eigenvalue weighted by atomic mass is 10.1. The number of hydrogen-bond acceptors (Lipinski definition) is 3. The third kappa shape index (κ3) is 1.64. The van der Waals surface area contributed by atoms with Gasteiger partial charge in [-0.25, -0.2) is 0 Å². The van der Waals surface area contributed by atoms with Crippen LogP contribution < -0.4 is 5.73 Å². The van der Waals surface area contributed by atoms with Crippen molar-refractivity contribution in [3.63, 3.8) is 0 Å². The highest BCUT2D eigenvalue weighted by Gasteiger charge is 2.21. The average Bonchev–Trinajstić information content (AvgIpc) is 1.89. The van der Waals surface area contributed by atoms with Gasteiger partial charge < -0.3 is 15.2 Å². The zero-order valence-corrected chi connectivity index (χ0v) is 5.67. The first kappa shape index (κ1) is 6.99. The van der Waals surface area contributed by atoms with E-state index in [0.29, 0.717) is 6.61 Å². The molecular weight excluding hydrogens is 118 g/mol. The fraction of sp³-hybridized carbons (Fsp3) is 1.00. The third-order valence-corrected chi connectivity index (χ3v) is 1.66. The molecule has 0 spiro atoms. The van der Waals surface area contributed by atoms with Crippen molar-refractivity contribution in [2.45, 2.75) is 18.6 Å². The van der Waals surface area contributed by atoms with Gasteiger partial charge in [0.05, 0.1) is 12.7 Å². The SMILES string of the molecule is CO[C@@H]1COCC[C@@H]1N. The van der Waals surface area contributed by atoms with Crippen molar-refractivity contribution in [2.75, 3.05) is 20.3 Å². The number of hydrogen-bond donors (Lipinski definition) is 1. The predicted octanol–water partition coefficient (Wildman–Crippen LogP) is -0.251. The van der Waals surface area contributed by atoms with E-state index in [1.807, 2.05) is 0 Å². The highest BCUT2D eigenvalue weighted by molar-refractivity contribution is 4.75. The van der Waals surface area contributed by atoms with E-state index in [1.165, 1.54) is 0 Å². The van der Waals surface area contributed by atoms with E-state index in [-0.39, 0.29) is 12.1 Å². The van der Waals surface area contributed by atoms with Gasteiger partial charge in [-0.05, 0) is 6.42 Å². The van der Waals surface area contributed by atoms with Gasteiger partial charge in [-0.1, -0.05) is 0 Å². The summed E-state index contributed by atoms with van der Waals surface area (Å²) in [5.74, 6) is 0. The number of nitrogens with two attached hydrogens (primary N) is 1. The average molecular weight is 131 g/mol. The molecule has 3 nitrogen and oxygen atoms in total. The van der Waals surface area contributed by atoms with Crippen molar-refractivity contribution < 1.29 is 9.47 Å². The molecule has 3 heteroatoms. The minimum atomic E-state index is 0.110. The molecule has 0 saturated carbocycles. The maximum absolute atomic E-state index is 5.68. The molecule has 9 heavy (non-hydrogen) atoms. The van der Waals surface area contributed by atoms with Crippen LogP contribution in [0.25, 0.3) is 0 Å². The molecule has 1 aliphatic heterocycles. The molecule has 0 aromatic rings. The summed E-state index contributed by atoms with van der Waals surface area (Å²) < 4.78 is 10.2. The topological polar surface area (TPSA) is 44.5 Å². The normalized spacial score (nSPS) is 36.7. The molecule has 54 valence electrons. The van der Waals surface area contributed by atoms with E-state index >= 15 is 0 Å². The summed E-state index contributed by atoms with van der Waals surface area (Å²) in [7, 11) is 1.67. The molecule has 1 heterocycles. The van der Waals surface area contributed by atoms with E-state index in [4.69, 9.17) is 15.2 Å². The van der Waals surface area contributed by atoms with Crippen molar-refractivity contribution in [2.24, 2.45) is 5.73 Å². The Morgan fingerprint density at radius 2 is 2.44 bits per heavy atom. The predicted molar refractivity (Wildman–Crippen MR) is 34.2 cm³/mol.